The predicted molar refractivity (Wildman–Crippen MR) is 146 cm³/mol. The van der Waals surface area contributed by atoms with Crippen LogP contribution < -0.4 is 10.6 Å². The first-order valence-electron chi connectivity index (χ1n) is 13.9. The van der Waals surface area contributed by atoms with E-state index in [2.05, 4.69) is 15.4 Å². The van der Waals surface area contributed by atoms with Crippen molar-refractivity contribution in [2.24, 2.45) is 5.92 Å². The molecule has 0 radical (unpaired) electrons. The molecule has 2 aromatic rings. The Labute approximate surface area is 229 Å². The Hall–Kier alpha value is -3.01. The molecule has 2 amide bonds. The number of hydrogen-bond acceptors (Lipinski definition) is 6. The number of ether oxygens (including phenoxy) is 1. The van der Waals surface area contributed by atoms with Crippen molar-refractivity contribution in [1.29, 1.82) is 0 Å². The average molecular weight is 542 g/mol. The van der Waals surface area contributed by atoms with Gasteiger partial charge in [-0.3, -0.25) is 4.79 Å². The number of aliphatic hydroxyl groups excluding tert-OH is 1. The fraction of sp³-hybridized carbons (Fsp3) is 0.533. The topological polar surface area (TPSA) is 111 Å². The Morgan fingerprint density at radius 3 is 2.77 bits per heavy atom. The zero-order chi connectivity index (χ0) is 28.0. The second-order valence-electron chi connectivity index (χ2n) is 10.6. The third-order valence-electron chi connectivity index (χ3n) is 8.11. The second-order valence-corrected chi connectivity index (χ2v) is 10.6. The molecule has 9 heteroatoms. The molecule has 0 spiro atoms. The monoisotopic (exact) mass is 541 g/mol. The Morgan fingerprint density at radius 1 is 1.26 bits per heavy atom. The molecule has 2 aliphatic rings. The molecule has 0 saturated carbocycles. The van der Waals surface area contributed by atoms with Gasteiger partial charge in [-0.05, 0) is 61.3 Å². The lowest BCUT2D eigenvalue weighted by Crippen LogP contribution is -2.52. The van der Waals surface area contributed by atoms with Crippen molar-refractivity contribution in [1.82, 2.24) is 15.5 Å². The normalized spacial score (nSPS) is 22.8. The van der Waals surface area contributed by atoms with Gasteiger partial charge in [0.15, 0.2) is 0 Å². The number of alkyl carbamates (subject to hydrolysis) is 1. The summed E-state index contributed by atoms with van der Waals surface area (Å²) in [4.78, 5) is 26.7. The molecular formula is C30H40FN3O5. The van der Waals surface area contributed by atoms with Crippen molar-refractivity contribution in [2.75, 3.05) is 33.3 Å². The number of benzene rings is 2. The average Bonchev–Trinajstić information content (AvgIpc) is 3.40. The van der Waals surface area contributed by atoms with Crippen LogP contribution in [0.3, 0.4) is 0 Å². The molecular weight excluding hydrogens is 501 g/mol. The Kier molecular flexibility index (Phi) is 9.58. The van der Waals surface area contributed by atoms with Gasteiger partial charge in [-0.15, -0.1) is 0 Å². The molecule has 2 aromatic carbocycles. The minimum absolute atomic E-state index is 0.0823. The second kappa shape index (κ2) is 12.9. The van der Waals surface area contributed by atoms with Crippen LogP contribution in [-0.2, 0) is 21.6 Å². The SMILES string of the molecule is CCc1cccc(-c2c(F)cccc2[C@](O)(CCCNC(=O)OC)[C@@H]2CCCN(C(=O)[C@@H]3C[C@@H](O)CN3)C2)c1. The molecule has 2 heterocycles. The third-order valence-corrected chi connectivity index (χ3v) is 8.11. The molecule has 4 N–H and O–H groups in total. The van der Waals surface area contributed by atoms with Gasteiger partial charge in [0.05, 0.1) is 24.9 Å². The summed E-state index contributed by atoms with van der Waals surface area (Å²) < 4.78 is 20.2. The summed E-state index contributed by atoms with van der Waals surface area (Å²) in [6.45, 7) is 3.59. The van der Waals surface area contributed by atoms with Crippen LogP contribution in [0.25, 0.3) is 11.1 Å². The molecule has 4 atom stereocenters. The number of nitrogens with zero attached hydrogens (tertiary/aromatic N) is 1. The Morgan fingerprint density at radius 2 is 2.05 bits per heavy atom. The lowest BCUT2D eigenvalue weighted by Gasteiger charge is -2.44. The highest BCUT2D eigenvalue weighted by Crippen LogP contribution is 2.44. The minimum atomic E-state index is -1.46. The highest BCUT2D eigenvalue weighted by atomic mass is 19.1. The van der Waals surface area contributed by atoms with Gasteiger partial charge in [-0.25, -0.2) is 9.18 Å². The van der Waals surface area contributed by atoms with Crippen molar-refractivity contribution in [3.63, 3.8) is 0 Å². The van der Waals surface area contributed by atoms with Crippen molar-refractivity contribution in [3.8, 4) is 11.1 Å². The Balaban J connectivity index is 1.69. The van der Waals surface area contributed by atoms with Gasteiger partial charge in [-0.1, -0.05) is 43.3 Å². The van der Waals surface area contributed by atoms with E-state index < -0.39 is 29.7 Å². The van der Waals surface area contributed by atoms with Gasteiger partial charge in [0, 0.05) is 37.7 Å². The quantitative estimate of drug-likeness (QED) is 0.363. The Bertz CT molecular complexity index is 1160. The van der Waals surface area contributed by atoms with E-state index >= 15 is 4.39 Å². The number of nitrogens with one attached hydrogen (secondary N) is 2. The third kappa shape index (κ3) is 6.59. The molecule has 39 heavy (non-hydrogen) atoms. The van der Waals surface area contributed by atoms with Crippen LogP contribution in [-0.4, -0.2) is 72.5 Å². The summed E-state index contributed by atoms with van der Waals surface area (Å²) in [7, 11) is 1.29. The van der Waals surface area contributed by atoms with Crippen molar-refractivity contribution < 1.29 is 28.9 Å². The smallest absolute Gasteiger partial charge is 0.406 e. The number of carbonyl (C=O) groups excluding carboxylic acids is 2. The largest absolute Gasteiger partial charge is 0.453 e. The van der Waals surface area contributed by atoms with Gasteiger partial charge < -0.3 is 30.5 Å². The molecule has 2 saturated heterocycles. The molecule has 0 aromatic heterocycles. The van der Waals surface area contributed by atoms with E-state index in [9.17, 15) is 19.8 Å². The number of carbonyl (C=O) groups is 2. The zero-order valence-electron chi connectivity index (χ0n) is 22.8. The van der Waals surface area contributed by atoms with E-state index in [1.807, 2.05) is 31.2 Å². The highest BCUT2D eigenvalue weighted by molar-refractivity contribution is 5.82. The van der Waals surface area contributed by atoms with E-state index in [4.69, 9.17) is 0 Å². The number of hydrogen-bond donors (Lipinski definition) is 4. The van der Waals surface area contributed by atoms with Gasteiger partial charge in [0.1, 0.15) is 5.82 Å². The fourth-order valence-corrected chi connectivity index (χ4v) is 6.00. The van der Waals surface area contributed by atoms with Crippen LogP contribution in [0.4, 0.5) is 9.18 Å². The fourth-order valence-electron chi connectivity index (χ4n) is 6.00. The van der Waals surface area contributed by atoms with E-state index in [1.54, 1.807) is 17.0 Å². The number of β-amino-alcohol motifs (C(OH)–C–C–N with tert-alkyl or cyclic N) is 1. The number of aryl methyl sites for hydroxylation is 1. The number of methoxy groups -OCH3 is 1. The maximum absolute atomic E-state index is 15.6. The first-order valence-corrected chi connectivity index (χ1v) is 13.9. The molecule has 0 bridgehead atoms. The van der Waals surface area contributed by atoms with Crippen LogP contribution in [0.1, 0.15) is 50.2 Å². The maximum Gasteiger partial charge on any atom is 0.406 e. The molecule has 0 aliphatic carbocycles. The zero-order valence-corrected chi connectivity index (χ0v) is 22.8. The van der Waals surface area contributed by atoms with E-state index in [-0.39, 0.29) is 24.8 Å². The summed E-state index contributed by atoms with van der Waals surface area (Å²) >= 11 is 0. The lowest BCUT2D eigenvalue weighted by molar-refractivity contribution is -0.138. The van der Waals surface area contributed by atoms with Crippen LogP contribution in [0.2, 0.25) is 0 Å². The standard InChI is InChI=1S/C30H40FN3O5/c1-3-20-8-4-9-21(16-20)27-24(11-5-12-25(27)31)30(38,13-7-14-32-29(37)39-2)22-10-6-15-34(19-22)28(36)26-17-23(35)18-33-26/h4-5,8-9,11-12,16,22-23,26,33,35,38H,3,6-7,10,13-15,17-19H2,1-2H3,(H,32,37)/t22-,23-,26+,30+/m1/s1. The van der Waals surface area contributed by atoms with E-state index in [1.165, 1.54) is 13.2 Å². The number of halogens is 1. The minimum Gasteiger partial charge on any atom is -0.453 e. The number of piperidine rings is 1. The number of likely N-dealkylation sites (tertiary alicyclic amines) is 1. The summed E-state index contributed by atoms with van der Waals surface area (Å²) in [6.07, 6.45) is 2.11. The first-order chi connectivity index (χ1) is 18.8. The maximum atomic E-state index is 15.6. The molecule has 0 unspecified atom stereocenters. The van der Waals surface area contributed by atoms with Crippen molar-refractivity contribution in [2.45, 2.75) is 63.2 Å². The molecule has 8 nitrogen and oxygen atoms in total. The van der Waals surface area contributed by atoms with Gasteiger partial charge in [-0.2, -0.15) is 0 Å². The summed E-state index contributed by atoms with van der Waals surface area (Å²) in [5.74, 6) is -0.851. The van der Waals surface area contributed by atoms with Crippen LogP contribution >= 0.6 is 0 Å². The first kappa shape index (κ1) is 29.0. The van der Waals surface area contributed by atoms with E-state index in [0.29, 0.717) is 62.0 Å². The molecule has 2 aliphatic heterocycles. The number of rotatable bonds is 9. The van der Waals surface area contributed by atoms with Gasteiger partial charge in [0.2, 0.25) is 5.91 Å². The highest BCUT2D eigenvalue weighted by Gasteiger charge is 2.44. The van der Waals surface area contributed by atoms with Crippen molar-refractivity contribution >= 4 is 12.0 Å². The van der Waals surface area contributed by atoms with Crippen LogP contribution in [0, 0.1) is 11.7 Å². The van der Waals surface area contributed by atoms with E-state index in [0.717, 1.165) is 12.0 Å². The number of amides is 2. The molecule has 212 valence electrons. The lowest BCUT2D eigenvalue weighted by atomic mass is 9.72. The van der Waals surface area contributed by atoms with Gasteiger partial charge in [0.25, 0.3) is 0 Å². The summed E-state index contributed by atoms with van der Waals surface area (Å²) in [5, 5.41) is 28.2. The van der Waals surface area contributed by atoms with Crippen molar-refractivity contribution in [3.05, 3.63) is 59.4 Å². The molecule has 2 fully saturated rings. The number of aliphatic hydroxyl groups is 2. The summed E-state index contributed by atoms with van der Waals surface area (Å²) in [5.41, 5.74) is 1.15. The summed E-state index contributed by atoms with van der Waals surface area (Å²) in [6, 6.07) is 12.1. The van der Waals surface area contributed by atoms with Crippen LogP contribution in [0.5, 0.6) is 0 Å². The van der Waals surface area contributed by atoms with Gasteiger partial charge >= 0.3 is 6.09 Å². The molecule has 4 rings (SSSR count). The van der Waals surface area contributed by atoms with Crippen LogP contribution in [0.15, 0.2) is 42.5 Å². The predicted octanol–water partition coefficient (Wildman–Crippen LogP) is 3.34.